The number of para-hydroxylation sites is 1. The standard InChI is InChI=1S/C15H19FN2O3/c16-12-3-1-2-4-13(12)17-14(19)7-9-18(11-5-6-11)10-8-15(20)21/h1-4,11H,5-10H2,(H,17,19)(H,20,21). The van der Waals surface area contributed by atoms with Crippen LogP contribution in [0.5, 0.6) is 0 Å². The van der Waals surface area contributed by atoms with Crippen molar-refractivity contribution in [2.45, 2.75) is 31.7 Å². The smallest absolute Gasteiger partial charge is 0.304 e. The van der Waals surface area contributed by atoms with E-state index in [4.69, 9.17) is 5.11 Å². The molecular weight excluding hydrogens is 275 g/mol. The van der Waals surface area contributed by atoms with E-state index in [2.05, 4.69) is 5.32 Å². The molecule has 5 nitrogen and oxygen atoms in total. The number of aliphatic carboxylic acids is 1. The predicted octanol–water partition coefficient (Wildman–Crippen LogP) is 2.09. The molecule has 0 spiro atoms. The van der Waals surface area contributed by atoms with Gasteiger partial charge < -0.3 is 10.4 Å². The van der Waals surface area contributed by atoms with Crippen LogP contribution in [0.15, 0.2) is 24.3 Å². The van der Waals surface area contributed by atoms with Gasteiger partial charge in [-0.1, -0.05) is 12.1 Å². The molecule has 2 rings (SSSR count). The average Bonchev–Trinajstić information content (AvgIpc) is 3.25. The third-order valence-corrected chi connectivity index (χ3v) is 3.45. The van der Waals surface area contributed by atoms with E-state index in [0.717, 1.165) is 12.8 Å². The van der Waals surface area contributed by atoms with Crippen molar-refractivity contribution < 1.29 is 19.1 Å². The minimum Gasteiger partial charge on any atom is -0.481 e. The highest BCUT2D eigenvalue weighted by molar-refractivity contribution is 5.90. The number of hydrogen-bond acceptors (Lipinski definition) is 3. The second-order valence-electron chi connectivity index (χ2n) is 5.19. The van der Waals surface area contributed by atoms with Crippen LogP contribution >= 0.6 is 0 Å². The maximum absolute atomic E-state index is 13.4. The van der Waals surface area contributed by atoms with Crippen molar-refractivity contribution in [2.75, 3.05) is 18.4 Å². The normalized spacial score (nSPS) is 14.2. The molecule has 0 radical (unpaired) electrons. The summed E-state index contributed by atoms with van der Waals surface area (Å²) in [7, 11) is 0. The van der Waals surface area contributed by atoms with E-state index in [1.807, 2.05) is 4.90 Å². The Kier molecular flexibility index (Phi) is 5.27. The van der Waals surface area contributed by atoms with Crippen LogP contribution in [0.3, 0.4) is 0 Å². The van der Waals surface area contributed by atoms with Gasteiger partial charge in [-0.25, -0.2) is 4.39 Å². The molecule has 0 saturated heterocycles. The van der Waals surface area contributed by atoms with E-state index in [9.17, 15) is 14.0 Å². The topological polar surface area (TPSA) is 69.6 Å². The van der Waals surface area contributed by atoms with Crippen LogP contribution in [-0.2, 0) is 9.59 Å². The largest absolute Gasteiger partial charge is 0.481 e. The Hall–Kier alpha value is -1.95. The molecule has 0 bridgehead atoms. The summed E-state index contributed by atoms with van der Waals surface area (Å²) >= 11 is 0. The molecule has 1 fully saturated rings. The molecule has 1 saturated carbocycles. The van der Waals surface area contributed by atoms with Gasteiger partial charge >= 0.3 is 5.97 Å². The summed E-state index contributed by atoms with van der Waals surface area (Å²) in [4.78, 5) is 24.5. The fourth-order valence-electron chi connectivity index (χ4n) is 2.18. The van der Waals surface area contributed by atoms with Crippen LogP contribution in [0.1, 0.15) is 25.7 Å². The van der Waals surface area contributed by atoms with Crippen LogP contribution in [0.25, 0.3) is 0 Å². The predicted molar refractivity (Wildman–Crippen MR) is 76.5 cm³/mol. The Morgan fingerprint density at radius 3 is 2.52 bits per heavy atom. The summed E-state index contributed by atoms with van der Waals surface area (Å²) in [6.07, 6.45) is 2.40. The monoisotopic (exact) mass is 294 g/mol. The number of carbonyl (C=O) groups excluding carboxylic acids is 1. The number of amides is 1. The van der Waals surface area contributed by atoms with Gasteiger partial charge in [0.25, 0.3) is 0 Å². The molecule has 0 aromatic heterocycles. The van der Waals surface area contributed by atoms with Crippen molar-refractivity contribution in [3.63, 3.8) is 0 Å². The minimum absolute atomic E-state index is 0.0748. The molecule has 1 aliphatic carbocycles. The van der Waals surface area contributed by atoms with Crippen molar-refractivity contribution >= 4 is 17.6 Å². The molecule has 2 N–H and O–H groups in total. The SMILES string of the molecule is O=C(O)CCN(CCC(=O)Nc1ccccc1F)C1CC1. The fraction of sp³-hybridized carbons (Fsp3) is 0.467. The van der Waals surface area contributed by atoms with Gasteiger partial charge in [0.15, 0.2) is 0 Å². The van der Waals surface area contributed by atoms with Gasteiger partial charge in [-0.15, -0.1) is 0 Å². The number of nitrogens with one attached hydrogen (secondary N) is 1. The van der Waals surface area contributed by atoms with Crippen LogP contribution in [0.2, 0.25) is 0 Å². The second kappa shape index (κ2) is 7.17. The second-order valence-corrected chi connectivity index (χ2v) is 5.19. The summed E-state index contributed by atoms with van der Waals surface area (Å²) in [5.74, 6) is -1.56. The average molecular weight is 294 g/mol. The molecule has 114 valence electrons. The summed E-state index contributed by atoms with van der Waals surface area (Å²) in [5.41, 5.74) is 0.172. The lowest BCUT2D eigenvalue weighted by Crippen LogP contribution is -2.32. The maximum Gasteiger partial charge on any atom is 0.304 e. The van der Waals surface area contributed by atoms with Crippen molar-refractivity contribution in [3.05, 3.63) is 30.1 Å². The fourth-order valence-corrected chi connectivity index (χ4v) is 2.18. The summed E-state index contributed by atoms with van der Waals surface area (Å²) in [5, 5.41) is 11.3. The number of benzene rings is 1. The number of rotatable bonds is 8. The van der Waals surface area contributed by atoms with E-state index < -0.39 is 11.8 Å². The van der Waals surface area contributed by atoms with E-state index in [-0.39, 0.29) is 24.4 Å². The lowest BCUT2D eigenvalue weighted by atomic mass is 10.2. The molecule has 0 unspecified atom stereocenters. The first-order valence-electron chi connectivity index (χ1n) is 7.06. The van der Waals surface area contributed by atoms with Crippen molar-refractivity contribution in [1.82, 2.24) is 4.90 Å². The molecule has 1 aliphatic rings. The van der Waals surface area contributed by atoms with Gasteiger partial charge in [0.05, 0.1) is 12.1 Å². The van der Waals surface area contributed by atoms with Gasteiger partial charge in [0, 0.05) is 25.6 Å². The molecule has 21 heavy (non-hydrogen) atoms. The summed E-state index contributed by atoms with van der Waals surface area (Å²) in [6, 6.07) is 6.41. The highest BCUT2D eigenvalue weighted by Gasteiger charge is 2.29. The molecule has 0 heterocycles. The number of carbonyl (C=O) groups is 2. The van der Waals surface area contributed by atoms with E-state index >= 15 is 0 Å². The highest BCUT2D eigenvalue weighted by Crippen LogP contribution is 2.27. The first kappa shape index (κ1) is 15.4. The van der Waals surface area contributed by atoms with E-state index in [0.29, 0.717) is 19.1 Å². The quantitative estimate of drug-likeness (QED) is 0.770. The van der Waals surface area contributed by atoms with Gasteiger partial charge in [-0.05, 0) is 25.0 Å². The lowest BCUT2D eigenvalue weighted by Gasteiger charge is -2.20. The minimum atomic E-state index is -0.837. The number of nitrogens with zero attached hydrogens (tertiary/aromatic N) is 1. The third-order valence-electron chi connectivity index (χ3n) is 3.45. The lowest BCUT2D eigenvalue weighted by molar-refractivity contribution is -0.137. The molecule has 0 atom stereocenters. The van der Waals surface area contributed by atoms with E-state index in [1.165, 1.54) is 12.1 Å². The number of carboxylic acids is 1. The molecular formula is C15H19FN2O3. The number of hydrogen-bond donors (Lipinski definition) is 2. The molecule has 1 aromatic carbocycles. The number of anilines is 1. The van der Waals surface area contributed by atoms with Gasteiger partial charge in [0.1, 0.15) is 5.82 Å². The first-order chi connectivity index (χ1) is 10.1. The van der Waals surface area contributed by atoms with Crippen LogP contribution < -0.4 is 5.32 Å². The Balaban J connectivity index is 1.79. The van der Waals surface area contributed by atoms with Crippen molar-refractivity contribution in [2.24, 2.45) is 0 Å². The van der Waals surface area contributed by atoms with Crippen LogP contribution in [0.4, 0.5) is 10.1 Å². The molecule has 0 aliphatic heterocycles. The van der Waals surface area contributed by atoms with Crippen molar-refractivity contribution in [1.29, 1.82) is 0 Å². The van der Waals surface area contributed by atoms with Crippen molar-refractivity contribution in [3.8, 4) is 0 Å². The first-order valence-corrected chi connectivity index (χ1v) is 7.06. The zero-order valence-corrected chi connectivity index (χ0v) is 11.7. The molecule has 1 aromatic rings. The Morgan fingerprint density at radius 1 is 1.24 bits per heavy atom. The molecule has 6 heteroatoms. The number of carboxylic acid groups (broad SMARTS) is 1. The zero-order chi connectivity index (χ0) is 15.2. The van der Waals surface area contributed by atoms with E-state index in [1.54, 1.807) is 12.1 Å². The summed E-state index contributed by atoms with van der Waals surface area (Å²) in [6.45, 7) is 0.950. The Morgan fingerprint density at radius 2 is 1.90 bits per heavy atom. The highest BCUT2D eigenvalue weighted by atomic mass is 19.1. The summed E-state index contributed by atoms with van der Waals surface area (Å²) < 4.78 is 13.4. The van der Waals surface area contributed by atoms with Gasteiger partial charge in [-0.2, -0.15) is 0 Å². The maximum atomic E-state index is 13.4. The van der Waals surface area contributed by atoms with Gasteiger partial charge in [-0.3, -0.25) is 14.5 Å². The number of halogens is 1. The zero-order valence-electron chi connectivity index (χ0n) is 11.7. The van der Waals surface area contributed by atoms with Gasteiger partial charge in [0.2, 0.25) is 5.91 Å². The third kappa shape index (κ3) is 5.15. The van der Waals surface area contributed by atoms with Crippen LogP contribution in [0, 0.1) is 5.82 Å². The molecule has 1 amide bonds. The Labute approximate surface area is 122 Å². The van der Waals surface area contributed by atoms with Crippen LogP contribution in [-0.4, -0.2) is 41.0 Å². The Bertz CT molecular complexity index is 517.